The largest absolute Gasteiger partial charge is 0.511 e. The van der Waals surface area contributed by atoms with Gasteiger partial charge in [-0.2, -0.15) is 0 Å². The van der Waals surface area contributed by atoms with Crippen molar-refractivity contribution >= 4 is 11.5 Å². The Morgan fingerprint density at radius 1 is 1.07 bits per heavy atom. The summed E-state index contributed by atoms with van der Waals surface area (Å²) in [4.78, 5) is 18.1. The number of likely N-dealkylation sites (tertiary alicyclic amines) is 1. The first-order valence-electron chi connectivity index (χ1n) is 15.3. The summed E-state index contributed by atoms with van der Waals surface area (Å²) >= 11 is 0. The fourth-order valence-electron chi connectivity index (χ4n) is 6.54. The fraction of sp³-hybridized carbons (Fsp3) is 0.429. The molecule has 1 aromatic heterocycles. The van der Waals surface area contributed by atoms with Crippen LogP contribution >= 0.6 is 0 Å². The van der Waals surface area contributed by atoms with Gasteiger partial charge in [0, 0.05) is 30.8 Å². The molecule has 228 valence electrons. The summed E-state index contributed by atoms with van der Waals surface area (Å²) in [5.74, 6) is -0.0768. The molecular weight excluding hydrogens is 540 g/mol. The molecule has 8 heteroatoms. The zero-order valence-corrected chi connectivity index (χ0v) is 25.9. The lowest BCUT2D eigenvalue weighted by Crippen LogP contribution is -2.41. The molecule has 1 amide bonds. The molecular formula is C35H44N4O4. The first kappa shape index (κ1) is 30.6. The molecule has 2 aromatic carbocycles. The number of aliphatic hydroxyl groups is 2. The van der Waals surface area contributed by atoms with Crippen LogP contribution in [0.15, 0.2) is 76.7 Å². The molecule has 8 nitrogen and oxygen atoms in total. The van der Waals surface area contributed by atoms with Crippen LogP contribution in [0.2, 0.25) is 0 Å². The van der Waals surface area contributed by atoms with E-state index in [1.54, 1.807) is 0 Å². The SMILES string of the molecule is CCNC(=O)c1noc(C2(C(C)C)CC(c3ccccc3)=C(O)C=C2O)c1-c1ccc(CN2CCC(N(C)C)CC2)cc1. The lowest BCUT2D eigenvalue weighted by atomic mass is 9.64. The molecule has 1 aliphatic heterocycles. The Labute approximate surface area is 254 Å². The molecule has 1 unspecified atom stereocenters. The fourth-order valence-corrected chi connectivity index (χ4v) is 6.54. The molecule has 3 N–H and O–H groups in total. The van der Waals surface area contributed by atoms with Gasteiger partial charge in [0.2, 0.25) is 0 Å². The van der Waals surface area contributed by atoms with Crippen molar-refractivity contribution in [2.45, 2.75) is 58.0 Å². The van der Waals surface area contributed by atoms with Crippen molar-refractivity contribution in [3.63, 3.8) is 0 Å². The Morgan fingerprint density at radius 2 is 1.74 bits per heavy atom. The van der Waals surface area contributed by atoms with E-state index in [0.29, 0.717) is 29.5 Å². The minimum absolute atomic E-state index is 0.0164. The Morgan fingerprint density at radius 3 is 2.35 bits per heavy atom. The van der Waals surface area contributed by atoms with Crippen LogP contribution in [0.25, 0.3) is 16.7 Å². The monoisotopic (exact) mass is 584 g/mol. The van der Waals surface area contributed by atoms with E-state index in [4.69, 9.17) is 4.52 Å². The van der Waals surface area contributed by atoms with Gasteiger partial charge in [0.05, 0.1) is 11.0 Å². The average molecular weight is 585 g/mol. The van der Waals surface area contributed by atoms with Gasteiger partial charge >= 0.3 is 0 Å². The van der Waals surface area contributed by atoms with Crippen molar-refractivity contribution in [3.05, 3.63) is 94.8 Å². The van der Waals surface area contributed by atoms with Gasteiger partial charge in [0.15, 0.2) is 11.5 Å². The van der Waals surface area contributed by atoms with Crippen LogP contribution in [0.4, 0.5) is 0 Å². The molecule has 0 spiro atoms. The number of rotatable bonds is 9. The molecule has 43 heavy (non-hydrogen) atoms. The van der Waals surface area contributed by atoms with E-state index in [1.165, 1.54) is 11.6 Å². The summed E-state index contributed by atoms with van der Waals surface area (Å²) in [7, 11) is 4.31. The average Bonchev–Trinajstić information content (AvgIpc) is 3.44. The predicted octanol–water partition coefficient (Wildman–Crippen LogP) is 6.33. The third-order valence-electron chi connectivity index (χ3n) is 9.19. The quantitative estimate of drug-likeness (QED) is 0.270. The molecule has 1 saturated heterocycles. The predicted molar refractivity (Wildman–Crippen MR) is 170 cm³/mol. The summed E-state index contributed by atoms with van der Waals surface area (Å²) in [6.45, 7) is 9.32. The van der Waals surface area contributed by atoms with Gasteiger partial charge in [-0.05, 0) is 76.0 Å². The van der Waals surface area contributed by atoms with Crippen molar-refractivity contribution in [2.24, 2.45) is 5.92 Å². The van der Waals surface area contributed by atoms with E-state index in [0.717, 1.165) is 43.6 Å². The molecule has 0 radical (unpaired) electrons. The first-order valence-corrected chi connectivity index (χ1v) is 15.3. The molecule has 0 bridgehead atoms. The summed E-state index contributed by atoms with van der Waals surface area (Å²) in [6.07, 6.45) is 4.01. The van der Waals surface area contributed by atoms with Gasteiger partial charge in [0.1, 0.15) is 11.5 Å². The topological polar surface area (TPSA) is 102 Å². The molecule has 1 fully saturated rings. The van der Waals surface area contributed by atoms with Crippen molar-refractivity contribution in [1.29, 1.82) is 0 Å². The van der Waals surface area contributed by atoms with E-state index in [1.807, 2.05) is 63.2 Å². The normalized spacial score (nSPS) is 20.1. The van der Waals surface area contributed by atoms with Gasteiger partial charge in [-0.25, -0.2) is 0 Å². The van der Waals surface area contributed by atoms with E-state index < -0.39 is 5.41 Å². The van der Waals surface area contributed by atoms with Crippen LogP contribution in [0.5, 0.6) is 0 Å². The van der Waals surface area contributed by atoms with E-state index in [-0.39, 0.29) is 35.5 Å². The van der Waals surface area contributed by atoms with E-state index in [9.17, 15) is 15.0 Å². The third-order valence-corrected chi connectivity index (χ3v) is 9.19. The summed E-state index contributed by atoms with van der Waals surface area (Å²) in [5, 5.41) is 29.6. The molecule has 1 aliphatic carbocycles. The molecule has 5 rings (SSSR count). The lowest BCUT2D eigenvalue weighted by molar-refractivity contribution is 0.0946. The van der Waals surface area contributed by atoms with Crippen LogP contribution in [0.3, 0.4) is 0 Å². The van der Waals surface area contributed by atoms with Gasteiger partial charge in [-0.1, -0.05) is 73.6 Å². The molecule has 1 atom stereocenters. The smallest absolute Gasteiger partial charge is 0.274 e. The Balaban J connectivity index is 1.53. The Kier molecular flexibility index (Phi) is 9.08. The number of nitrogens with zero attached hydrogens (tertiary/aromatic N) is 3. The van der Waals surface area contributed by atoms with Gasteiger partial charge < -0.3 is 25.0 Å². The number of aliphatic hydroxyl groups excluding tert-OH is 2. The van der Waals surface area contributed by atoms with Crippen molar-refractivity contribution in [1.82, 2.24) is 20.3 Å². The van der Waals surface area contributed by atoms with Crippen molar-refractivity contribution in [2.75, 3.05) is 33.7 Å². The van der Waals surface area contributed by atoms with E-state index in [2.05, 4.69) is 46.5 Å². The van der Waals surface area contributed by atoms with E-state index >= 15 is 0 Å². The van der Waals surface area contributed by atoms with Gasteiger partial charge in [0.25, 0.3) is 5.91 Å². The number of benzene rings is 2. The number of aromatic nitrogens is 1. The highest BCUT2D eigenvalue weighted by Gasteiger charge is 2.49. The van der Waals surface area contributed by atoms with Crippen LogP contribution in [-0.4, -0.2) is 70.8 Å². The minimum Gasteiger partial charge on any atom is -0.511 e. The lowest BCUT2D eigenvalue weighted by Gasteiger charge is -2.38. The molecule has 3 aromatic rings. The highest BCUT2D eigenvalue weighted by molar-refractivity contribution is 5.99. The van der Waals surface area contributed by atoms with Gasteiger partial charge in [-0.3, -0.25) is 9.69 Å². The maximum absolute atomic E-state index is 13.3. The van der Waals surface area contributed by atoms with Crippen LogP contribution < -0.4 is 5.32 Å². The number of allylic oxidation sites excluding steroid dienone is 3. The van der Waals surface area contributed by atoms with Crippen molar-refractivity contribution < 1.29 is 19.5 Å². The standard InChI is InChI=1S/C35H44N4O4/c1-6-36-34(42)32-31(26-14-12-24(13-15-26)22-39-18-16-27(17-19-39)38(4)5)33(43-37-32)35(23(2)3)21-28(29(40)20-30(35)41)25-10-8-7-9-11-25/h7-15,20,23,27,40-41H,6,16-19,21-22H2,1-5H3,(H,36,42). The summed E-state index contributed by atoms with van der Waals surface area (Å²) < 4.78 is 6.06. The number of carbonyl (C=O) groups is 1. The number of amides is 1. The van der Waals surface area contributed by atoms with Gasteiger partial charge in [-0.15, -0.1) is 0 Å². The first-order chi connectivity index (χ1) is 20.6. The number of nitrogens with one attached hydrogen (secondary N) is 1. The van der Waals surface area contributed by atoms with Crippen LogP contribution in [0.1, 0.15) is 67.4 Å². The summed E-state index contributed by atoms with van der Waals surface area (Å²) in [5.41, 5.74) is 3.23. The summed E-state index contributed by atoms with van der Waals surface area (Å²) in [6, 6.07) is 18.5. The Bertz CT molecular complexity index is 1480. The third kappa shape index (κ3) is 5.99. The second-order valence-electron chi connectivity index (χ2n) is 12.3. The van der Waals surface area contributed by atoms with Crippen LogP contribution in [0, 0.1) is 5.92 Å². The number of piperidine rings is 1. The number of carbonyl (C=O) groups excluding carboxylic acids is 1. The molecule has 0 saturated carbocycles. The second kappa shape index (κ2) is 12.8. The molecule has 2 aliphatic rings. The highest BCUT2D eigenvalue weighted by Crippen LogP contribution is 2.52. The molecule has 2 heterocycles. The zero-order chi connectivity index (χ0) is 30.7. The van der Waals surface area contributed by atoms with Crippen molar-refractivity contribution in [3.8, 4) is 11.1 Å². The maximum Gasteiger partial charge on any atom is 0.274 e. The Hall–Kier alpha value is -3.88. The minimum atomic E-state index is -1.06. The maximum atomic E-state index is 13.3. The second-order valence-corrected chi connectivity index (χ2v) is 12.3. The zero-order valence-electron chi connectivity index (χ0n) is 25.9. The highest BCUT2D eigenvalue weighted by atomic mass is 16.5. The van der Waals surface area contributed by atoms with Crippen LogP contribution in [-0.2, 0) is 12.0 Å². The number of hydrogen-bond donors (Lipinski definition) is 3. The number of hydrogen-bond acceptors (Lipinski definition) is 7.